The molecule has 0 spiro atoms. The molecule has 13 heteroatoms. The average Bonchev–Trinajstić information content (AvgIpc) is 3.25. The molecule has 204 valence electrons. The molecule has 0 aliphatic rings. The molecule has 4 aromatic rings. The number of ether oxygens (including phenoxy) is 1. The fourth-order valence-corrected chi connectivity index (χ4v) is 3.76. The minimum Gasteiger partial charge on any atom is -0.478 e. The van der Waals surface area contributed by atoms with Gasteiger partial charge in [-0.3, -0.25) is 14.5 Å². The fourth-order valence-electron chi connectivity index (χ4n) is 3.76. The maximum Gasteiger partial charge on any atom is 0.418 e. The number of halogens is 3. The SMILES string of the molecule is COc1nn(C[C@H](C)O)cc1Nc1ncc(-c2ccc(CC(=O)Nc3cnc(C)c(C(F)(F)F)c3)cc2)cn1. The number of amides is 1. The highest BCUT2D eigenvalue weighted by Crippen LogP contribution is 2.32. The summed E-state index contributed by atoms with van der Waals surface area (Å²) in [7, 11) is 1.49. The summed E-state index contributed by atoms with van der Waals surface area (Å²) in [5.41, 5.74) is 1.70. The van der Waals surface area contributed by atoms with Crippen molar-refractivity contribution in [3.8, 4) is 17.0 Å². The van der Waals surface area contributed by atoms with Gasteiger partial charge in [-0.05, 0) is 31.0 Å². The number of nitrogens with one attached hydrogen (secondary N) is 2. The van der Waals surface area contributed by atoms with E-state index < -0.39 is 23.8 Å². The van der Waals surface area contributed by atoms with E-state index in [1.165, 1.54) is 20.2 Å². The molecule has 0 unspecified atom stereocenters. The second kappa shape index (κ2) is 11.5. The van der Waals surface area contributed by atoms with Crippen molar-refractivity contribution in [2.45, 2.75) is 39.1 Å². The molecule has 4 rings (SSSR count). The third kappa shape index (κ3) is 7.08. The molecule has 3 aromatic heterocycles. The lowest BCUT2D eigenvalue weighted by atomic mass is 10.0. The summed E-state index contributed by atoms with van der Waals surface area (Å²) in [6, 6.07) is 7.97. The molecule has 0 aliphatic carbocycles. The Morgan fingerprint density at radius 2 is 1.79 bits per heavy atom. The number of benzene rings is 1. The molecule has 0 bridgehead atoms. The van der Waals surface area contributed by atoms with E-state index in [0.717, 1.165) is 17.2 Å². The van der Waals surface area contributed by atoms with Gasteiger partial charge in [-0.2, -0.15) is 13.2 Å². The molecule has 1 aromatic carbocycles. The lowest BCUT2D eigenvalue weighted by molar-refractivity contribution is -0.138. The minimum absolute atomic E-state index is 0.0201. The summed E-state index contributed by atoms with van der Waals surface area (Å²) in [6.07, 6.45) is 0.985. The van der Waals surface area contributed by atoms with Gasteiger partial charge in [0.15, 0.2) is 0 Å². The van der Waals surface area contributed by atoms with Crippen LogP contribution in [-0.4, -0.2) is 49.0 Å². The molecular formula is C26H26F3N7O3. The first-order valence-corrected chi connectivity index (χ1v) is 11.8. The lowest BCUT2D eigenvalue weighted by Gasteiger charge is -2.12. The first kappa shape index (κ1) is 27.5. The van der Waals surface area contributed by atoms with Crippen LogP contribution in [0, 0.1) is 6.92 Å². The molecule has 0 aliphatic heterocycles. The number of aliphatic hydroxyl groups is 1. The maximum absolute atomic E-state index is 13.1. The Bertz CT molecular complexity index is 1440. The smallest absolute Gasteiger partial charge is 0.418 e. The van der Waals surface area contributed by atoms with Gasteiger partial charge in [-0.15, -0.1) is 5.10 Å². The summed E-state index contributed by atoms with van der Waals surface area (Å²) in [4.78, 5) is 24.8. The first-order chi connectivity index (χ1) is 18.5. The van der Waals surface area contributed by atoms with E-state index in [-0.39, 0.29) is 17.8 Å². The molecule has 3 heterocycles. The Labute approximate surface area is 221 Å². The van der Waals surface area contributed by atoms with E-state index in [4.69, 9.17) is 4.74 Å². The quantitative estimate of drug-likeness (QED) is 0.285. The van der Waals surface area contributed by atoms with Gasteiger partial charge in [0.25, 0.3) is 5.88 Å². The van der Waals surface area contributed by atoms with Crippen LogP contribution in [0.25, 0.3) is 11.1 Å². The van der Waals surface area contributed by atoms with Gasteiger partial charge in [0.05, 0.1) is 49.8 Å². The normalized spacial score (nSPS) is 12.2. The number of aromatic nitrogens is 5. The standard InChI is InChI=1S/C26H26F3N7O3/c1-15(37)13-36-14-22(24(35-36)39-3)34-25-31-10-19(11-32-25)18-6-4-17(5-7-18)8-23(38)33-20-9-21(26(27,28)29)16(2)30-12-20/h4-7,9-12,14-15,37H,8,13H2,1-3H3,(H,33,38)(H,31,32,34)/t15-/m0/s1. The fraction of sp³-hybridized carbons (Fsp3) is 0.269. The molecule has 10 nitrogen and oxygen atoms in total. The van der Waals surface area contributed by atoms with Gasteiger partial charge in [0.1, 0.15) is 5.69 Å². The van der Waals surface area contributed by atoms with Crippen LogP contribution in [0.3, 0.4) is 0 Å². The summed E-state index contributed by atoms with van der Waals surface area (Å²) >= 11 is 0. The van der Waals surface area contributed by atoms with Gasteiger partial charge in [0.2, 0.25) is 11.9 Å². The summed E-state index contributed by atoms with van der Waals surface area (Å²) in [5, 5.41) is 19.3. The molecule has 0 saturated heterocycles. The number of rotatable bonds is 9. The van der Waals surface area contributed by atoms with Gasteiger partial charge in [-0.1, -0.05) is 24.3 Å². The van der Waals surface area contributed by atoms with Gasteiger partial charge >= 0.3 is 6.18 Å². The highest BCUT2D eigenvalue weighted by Gasteiger charge is 2.33. The average molecular weight is 542 g/mol. The van der Waals surface area contributed by atoms with Crippen molar-refractivity contribution in [3.05, 3.63) is 71.9 Å². The van der Waals surface area contributed by atoms with Crippen molar-refractivity contribution in [2.24, 2.45) is 0 Å². The van der Waals surface area contributed by atoms with E-state index in [0.29, 0.717) is 29.6 Å². The van der Waals surface area contributed by atoms with E-state index in [9.17, 15) is 23.1 Å². The number of methoxy groups -OCH3 is 1. The van der Waals surface area contributed by atoms with Crippen LogP contribution in [0.2, 0.25) is 0 Å². The first-order valence-electron chi connectivity index (χ1n) is 11.8. The number of aryl methyl sites for hydroxylation is 1. The second-order valence-electron chi connectivity index (χ2n) is 8.82. The van der Waals surface area contributed by atoms with Gasteiger partial charge in [-0.25, -0.2) is 9.97 Å². The van der Waals surface area contributed by atoms with Crippen LogP contribution in [0.1, 0.15) is 23.7 Å². The maximum atomic E-state index is 13.1. The van der Waals surface area contributed by atoms with Crippen molar-refractivity contribution >= 4 is 23.2 Å². The number of nitrogens with zero attached hydrogens (tertiary/aromatic N) is 5. The summed E-state index contributed by atoms with van der Waals surface area (Å²) in [6.45, 7) is 3.22. The number of carbonyl (C=O) groups excluding carboxylic acids is 1. The Kier molecular flexibility index (Phi) is 8.10. The number of hydrogen-bond donors (Lipinski definition) is 3. The van der Waals surface area contributed by atoms with Crippen LogP contribution in [0.15, 0.2) is 55.1 Å². The van der Waals surface area contributed by atoms with E-state index in [2.05, 4.69) is 30.7 Å². The Balaban J connectivity index is 1.38. The van der Waals surface area contributed by atoms with Crippen molar-refractivity contribution in [1.29, 1.82) is 0 Å². The zero-order valence-corrected chi connectivity index (χ0v) is 21.3. The lowest BCUT2D eigenvalue weighted by Crippen LogP contribution is -2.16. The third-order valence-corrected chi connectivity index (χ3v) is 5.60. The Hall–Kier alpha value is -4.52. The topological polar surface area (TPSA) is 127 Å². The molecule has 39 heavy (non-hydrogen) atoms. The third-order valence-electron chi connectivity index (χ3n) is 5.60. The Morgan fingerprint density at radius 3 is 2.41 bits per heavy atom. The molecule has 0 saturated carbocycles. The van der Waals surface area contributed by atoms with Gasteiger partial charge in [0, 0.05) is 23.7 Å². The summed E-state index contributed by atoms with van der Waals surface area (Å²) in [5.74, 6) is 0.191. The molecule has 3 N–H and O–H groups in total. The molecule has 1 atom stereocenters. The number of aliphatic hydroxyl groups excluding tert-OH is 1. The molecular weight excluding hydrogens is 515 g/mol. The minimum atomic E-state index is -4.55. The Morgan fingerprint density at radius 1 is 1.10 bits per heavy atom. The van der Waals surface area contributed by atoms with Crippen LogP contribution < -0.4 is 15.4 Å². The van der Waals surface area contributed by atoms with Crippen LogP contribution >= 0.6 is 0 Å². The highest BCUT2D eigenvalue weighted by atomic mass is 19.4. The van der Waals surface area contributed by atoms with E-state index in [1.807, 2.05) is 0 Å². The monoisotopic (exact) mass is 541 g/mol. The number of hydrogen-bond acceptors (Lipinski definition) is 8. The molecule has 1 amide bonds. The number of carbonyl (C=O) groups is 1. The highest BCUT2D eigenvalue weighted by molar-refractivity contribution is 5.92. The zero-order chi connectivity index (χ0) is 28.2. The van der Waals surface area contributed by atoms with Gasteiger partial charge < -0.3 is 20.5 Å². The van der Waals surface area contributed by atoms with E-state index in [1.54, 1.807) is 54.5 Å². The van der Waals surface area contributed by atoms with Crippen molar-refractivity contribution in [2.75, 3.05) is 17.7 Å². The predicted octanol–water partition coefficient (Wildman–Crippen LogP) is 4.38. The van der Waals surface area contributed by atoms with Crippen molar-refractivity contribution in [3.63, 3.8) is 0 Å². The van der Waals surface area contributed by atoms with Crippen molar-refractivity contribution in [1.82, 2.24) is 24.7 Å². The van der Waals surface area contributed by atoms with Crippen molar-refractivity contribution < 1.29 is 27.8 Å². The second-order valence-corrected chi connectivity index (χ2v) is 8.82. The largest absolute Gasteiger partial charge is 0.478 e. The summed E-state index contributed by atoms with van der Waals surface area (Å²) < 4.78 is 46.1. The zero-order valence-electron chi connectivity index (χ0n) is 21.3. The van der Waals surface area contributed by atoms with E-state index >= 15 is 0 Å². The van der Waals surface area contributed by atoms with Crippen LogP contribution in [0.4, 0.5) is 30.5 Å². The molecule has 0 fully saturated rings. The number of alkyl halides is 3. The van der Waals surface area contributed by atoms with Crippen LogP contribution in [-0.2, 0) is 23.9 Å². The van der Waals surface area contributed by atoms with Crippen LogP contribution in [0.5, 0.6) is 5.88 Å². The number of anilines is 3. The predicted molar refractivity (Wildman–Crippen MR) is 138 cm³/mol. The number of pyridine rings is 1. The molecule has 0 radical (unpaired) electrons.